The fourth-order valence-corrected chi connectivity index (χ4v) is 5.94. The van der Waals surface area contributed by atoms with Crippen LogP contribution in [-0.4, -0.2) is 47.5 Å². The molecule has 0 saturated carbocycles. The van der Waals surface area contributed by atoms with Crippen LogP contribution in [0.2, 0.25) is 0 Å². The molecule has 1 amide bonds. The number of aromatic nitrogens is 2. The van der Waals surface area contributed by atoms with Crippen molar-refractivity contribution < 1.29 is 19.1 Å². The highest BCUT2D eigenvalue weighted by Gasteiger charge is 2.23. The molecule has 1 aromatic carbocycles. The number of thiophene rings is 1. The molecule has 0 saturated heterocycles. The van der Waals surface area contributed by atoms with Crippen molar-refractivity contribution in [1.82, 2.24) is 9.55 Å². The molecule has 0 unspecified atom stereocenters. The van der Waals surface area contributed by atoms with E-state index >= 15 is 0 Å². The summed E-state index contributed by atoms with van der Waals surface area (Å²) in [4.78, 5) is 44.5. The first-order valence-corrected chi connectivity index (χ1v) is 12.6. The first-order chi connectivity index (χ1) is 16.0. The predicted molar refractivity (Wildman–Crippen MR) is 130 cm³/mol. The topological polar surface area (TPSA) is 99.5 Å². The number of aryl methyl sites for hydroxylation is 2. The minimum atomic E-state index is -0.439. The van der Waals surface area contributed by atoms with Gasteiger partial charge >= 0.3 is 5.97 Å². The maximum absolute atomic E-state index is 13.3. The number of thioether (sulfide) groups is 1. The van der Waals surface area contributed by atoms with E-state index in [0.29, 0.717) is 34.9 Å². The summed E-state index contributed by atoms with van der Waals surface area (Å²) >= 11 is 2.79. The average Bonchev–Trinajstić information content (AvgIpc) is 3.38. The quantitative estimate of drug-likeness (QED) is 0.280. The third kappa shape index (κ3) is 5.13. The van der Waals surface area contributed by atoms with E-state index in [1.807, 2.05) is 0 Å². The second-order valence-corrected chi connectivity index (χ2v) is 9.55. The Labute approximate surface area is 199 Å². The number of amides is 1. The molecule has 8 nitrogen and oxygen atoms in total. The number of fused-ring (bicyclic) bond motifs is 3. The van der Waals surface area contributed by atoms with Gasteiger partial charge in [-0.3, -0.25) is 14.2 Å². The third-order valence-corrected chi connectivity index (χ3v) is 7.46. The molecule has 0 atom stereocenters. The monoisotopic (exact) mass is 487 g/mol. The van der Waals surface area contributed by atoms with E-state index in [-0.39, 0.29) is 23.8 Å². The lowest BCUT2D eigenvalue weighted by Gasteiger charge is -2.12. The molecule has 0 bridgehead atoms. The summed E-state index contributed by atoms with van der Waals surface area (Å²) in [6, 6.07) is 6.60. The van der Waals surface area contributed by atoms with Gasteiger partial charge < -0.3 is 14.8 Å². The Balaban J connectivity index is 1.52. The number of carbonyl (C=O) groups is 2. The Hall–Kier alpha value is -2.69. The van der Waals surface area contributed by atoms with E-state index in [0.717, 1.165) is 29.7 Å². The molecule has 4 rings (SSSR count). The van der Waals surface area contributed by atoms with Crippen molar-refractivity contribution in [2.75, 3.05) is 31.4 Å². The molecule has 174 valence electrons. The van der Waals surface area contributed by atoms with Crippen LogP contribution in [0.3, 0.4) is 0 Å². The molecular weight excluding hydrogens is 462 g/mol. The summed E-state index contributed by atoms with van der Waals surface area (Å²) < 4.78 is 11.8. The molecule has 1 aliphatic rings. The number of nitrogens with zero attached hydrogens (tertiary/aromatic N) is 2. The van der Waals surface area contributed by atoms with Gasteiger partial charge in [0.15, 0.2) is 5.16 Å². The number of anilines is 1. The van der Waals surface area contributed by atoms with Crippen LogP contribution in [0.5, 0.6) is 0 Å². The molecule has 3 aromatic rings. The molecule has 0 fully saturated rings. The number of carbonyl (C=O) groups excluding carboxylic acids is 2. The van der Waals surface area contributed by atoms with Gasteiger partial charge in [0.1, 0.15) is 4.83 Å². The molecule has 0 radical (unpaired) electrons. The van der Waals surface area contributed by atoms with E-state index in [1.54, 1.807) is 54.2 Å². The van der Waals surface area contributed by atoms with Crippen LogP contribution in [0.15, 0.2) is 34.2 Å². The van der Waals surface area contributed by atoms with Gasteiger partial charge in [-0.15, -0.1) is 11.3 Å². The predicted octanol–water partition coefficient (Wildman–Crippen LogP) is 3.50. The summed E-state index contributed by atoms with van der Waals surface area (Å²) in [5, 5.41) is 4.01. The normalized spacial score (nSPS) is 12.7. The van der Waals surface area contributed by atoms with E-state index in [1.165, 1.54) is 16.6 Å². The largest absolute Gasteiger partial charge is 0.462 e. The number of hydrogen-bond acceptors (Lipinski definition) is 8. The van der Waals surface area contributed by atoms with Crippen LogP contribution in [0, 0.1) is 0 Å². The minimum Gasteiger partial charge on any atom is -0.462 e. The number of esters is 1. The van der Waals surface area contributed by atoms with Crippen molar-refractivity contribution in [1.29, 1.82) is 0 Å². The van der Waals surface area contributed by atoms with Crippen molar-refractivity contribution in [2.24, 2.45) is 0 Å². The standard InChI is InChI=1S/C23H25N3O5S2/c1-3-31-22(29)14-6-4-7-15(12-14)24-18(27)13-32-23-25-20-19(16-8-5-9-17(16)33-20)21(28)26(23)10-11-30-2/h4,6-7,12H,3,5,8-11,13H2,1-2H3,(H,24,27). The van der Waals surface area contributed by atoms with Gasteiger partial charge in [-0.2, -0.15) is 0 Å². The number of ether oxygens (including phenoxy) is 2. The third-order valence-electron chi connectivity index (χ3n) is 5.30. The summed E-state index contributed by atoms with van der Waals surface area (Å²) in [6.45, 7) is 2.76. The van der Waals surface area contributed by atoms with E-state index < -0.39 is 5.97 Å². The van der Waals surface area contributed by atoms with Gasteiger partial charge in [0.25, 0.3) is 5.56 Å². The van der Waals surface area contributed by atoms with Crippen molar-refractivity contribution >= 4 is 50.9 Å². The lowest BCUT2D eigenvalue weighted by Crippen LogP contribution is -2.26. The molecule has 1 aliphatic carbocycles. The Morgan fingerprint density at radius 1 is 1.30 bits per heavy atom. The van der Waals surface area contributed by atoms with Crippen molar-refractivity contribution in [3.63, 3.8) is 0 Å². The van der Waals surface area contributed by atoms with Crippen LogP contribution >= 0.6 is 23.1 Å². The van der Waals surface area contributed by atoms with Crippen LogP contribution in [0.4, 0.5) is 5.69 Å². The van der Waals surface area contributed by atoms with Crippen LogP contribution in [0.1, 0.15) is 34.1 Å². The number of benzene rings is 1. The highest BCUT2D eigenvalue weighted by atomic mass is 32.2. The molecule has 1 N–H and O–H groups in total. The zero-order chi connectivity index (χ0) is 23.4. The van der Waals surface area contributed by atoms with Gasteiger partial charge in [-0.25, -0.2) is 9.78 Å². The van der Waals surface area contributed by atoms with E-state index in [2.05, 4.69) is 5.32 Å². The van der Waals surface area contributed by atoms with E-state index in [4.69, 9.17) is 14.5 Å². The minimum absolute atomic E-state index is 0.0681. The smallest absolute Gasteiger partial charge is 0.338 e. The Kier molecular flexibility index (Phi) is 7.46. The zero-order valence-corrected chi connectivity index (χ0v) is 20.1. The SMILES string of the molecule is CCOC(=O)c1cccc(NC(=O)CSc2nc3sc4c(c3c(=O)n2CCOC)CCC4)c1. The van der Waals surface area contributed by atoms with E-state index in [9.17, 15) is 14.4 Å². The summed E-state index contributed by atoms with van der Waals surface area (Å²) in [5.74, 6) is -0.632. The van der Waals surface area contributed by atoms with Crippen LogP contribution in [0.25, 0.3) is 10.2 Å². The number of nitrogens with one attached hydrogen (secondary N) is 1. The highest BCUT2D eigenvalue weighted by Crippen LogP contribution is 2.35. The summed E-state index contributed by atoms with van der Waals surface area (Å²) in [7, 11) is 1.59. The second-order valence-electron chi connectivity index (χ2n) is 7.52. The first kappa shape index (κ1) is 23.5. The zero-order valence-electron chi connectivity index (χ0n) is 18.5. The molecule has 10 heteroatoms. The Morgan fingerprint density at radius 3 is 2.94 bits per heavy atom. The van der Waals surface area contributed by atoms with Gasteiger partial charge in [0, 0.05) is 17.7 Å². The van der Waals surface area contributed by atoms with Gasteiger partial charge in [0.2, 0.25) is 5.91 Å². The fourth-order valence-electron chi connectivity index (χ4n) is 3.81. The van der Waals surface area contributed by atoms with Crippen molar-refractivity contribution in [3.8, 4) is 0 Å². The first-order valence-electron chi connectivity index (χ1n) is 10.8. The Bertz CT molecular complexity index is 1250. The molecule has 0 spiro atoms. The van der Waals surface area contributed by atoms with Crippen LogP contribution < -0.4 is 10.9 Å². The Morgan fingerprint density at radius 2 is 2.15 bits per heavy atom. The van der Waals surface area contributed by atoms with Crippen molar-refractivity contribution in [3.05, 3.63) is 50.6 Å². The summed E-state index contributed by atoms with van der Waals surface area (Å²) in [6.07, 6.45) is 2.97. The number of methoxy groups -OCH3 is 1. The molecule has 0 aliphatic heterocycles. The second kappa shape index (κ2) is 10.5. The van der Waals surface area contributed by atoms with Gasteiger partial charge in [-0.05, 0) is 49.9 Å². The molecule has 33 heavy (non-hydrogen) atoms. The summed E-state index contributed by atoms with van der Waals surface area (Å²) in [5.41, 5.74) is 1.94. The molecule has 2 heterocycles. The van der Waals surface area contributed by atoms with Gasteiger partial charge in [0.05, 0.1) is 36.5 Å². The fraction of sp³-hybridized carbons (Fsp3) is 0.391. The molecular formula is C23H25N3O5S2. The highest BCUT2D eigenvalue weighted by molar-refractivity contribution is 7.99. The lowest BCUT2D eigenvalue weighted by molar-refractivity contribution is -0.113. The molecule has 2 aromatic heterocycles. The maximum atomic E-state index is 13.3. The van der Waals surface area contributed by atoms with Crippen molar-refractivity contribution in [2.45, 2.75) is 37.9 Å². The number of hydrogen-bond donors (Lipinski definition) is 1. The lowest BCUT2D eigenvalue weighted by atomic mass is 10.2. The van der Waals surface area contributed by atoms with Crippen LogP contribution in [-0.2, 0) is 33.7 Å². The van der Waals surface area contributed by atoms with Gasteiger partial charge in [-0.1, -0.05) is 17.8 Å². The maximum Gasteiger partial charge on any atom is 0.338 e. The average molecular weight is 488 g/mol. The number of rotatable bonds is 9.